The summed E-state index contributed by atoms with van der Waals surface area (Å²) in [5, 5.41) is 3.39. The number of piperazine rings is 1. The zero-order chi connectivity index (χ0) is 14.7. The molecule has 5 heteroatoms. The van der Waals surface area contributed by atoms with E-state index in [1.165, 1.54) is 25.7 Å². The van der Waals surface area contributed by atoms with Crippen molar-refractivity contribution in [1.82, 2.24) is 10.2 Å². The number of methoxy groups -OCH3 is 1. The van der Waals surface area contributed by atoms with Crippen molar-refractivity contribution in [3.63, 3.8) is 0 Å². The Kier molecular flexibility index (Phi) is 6.48. The minimum absolute atomic E-state index is 0. The lowest BCUT2D eigenvalue weighted by atomic mass is 9.89. The molecular weight excluding hydrogens is 303 g/mol. The maximum absolute atomic E-state index is 14.5. The van der Waals surface area contributed by atoms with Crippen molar-refractivity contribution in [2.24, 2.45) is 5.92 Å². The Bertz CT molecular complexity index is 474. The Labute approximate surface area is 138 Å². The van der Waals surface area contributed by atoms with E-state index in [0.717, 1.165) is 37.5 Å². The van der Waals surface area contributed by atoms with Crippen molar-refractivity contribution >= 4 is 12.4 Å². The second-order valence-electron chi connectivity index (χ2n) is 6.16. The highest BCUT2D eigenvalue weighted by molar-refractivity contribution is 5.85. The average molecular weight is 329 g/mol. The highest BCUT2D eigenvalue weighted by Gasteiger charge is 2.33. The molecule has 1 aliphatic carbocycles. The number of hydrogen-bond acceptors (Lipinski definition) is 3. The Balaban J connectivity index is 0.00000176. The lowest BCUT2D eigenvalue weighted by Gasteiger charge is -2.38. The summed E-state index contributed by atoms with van der Waals surface area (Å²) >= 11 is 0. The number of nitrogens with zero attached hydrogens (tertiary/aromatic N) is 1. The van der Waals surface area contributed by atoms with Crippen LogP contribution in [0.4, 0.5) is 4.39 Å². The average Bonchev–Trinajstić information content (AvgIpc) is 3.04. The lowest BCUT2D eigenvalue weighted by molar-refractivity contribution is 0.122. The van der Waals surface area contributed by atoms with Gasteiger partial charge in [0.1, 0.15) is 11.6 Å². The molecule has 0 amide bonds. The zero-order valence-corrected chi connectivity index (χ0v) is 14.0. The van der Waals surface area contributed by atoms with E-state index in [9.17, 15) is 4.39 Å². The summed E-state index contributed by atoms with van der Waals surface area (Å²) in [6, 6.07) is 5.37. The van der Waals surface area contributed by atoms with Crippen LogP contribution < -0.4 is 10.1 Å². The minimum atomic E-state index is -0.0915. The van der Waals surface area contributed by atoms with Crippen LogP contribution in [0.1, 0.15) is 37.3 Å². The summed E-state index contributed by atoms with van der Waals surface area (Å²) in [5.74, 6) is 1.24. The number of benzene rings is 1. The van der Waals surface area contributed by atoms with Crippen LogP contribution in [-0.4, -0.2) is 38.2 Å². The van der Waals surface area contributed by atoms with E-state index in [1.54, 1.807) is 19.2 Å². The predicted octanol–water partition coefficient (Wildman–Crippen LogP) is 3.39. The third kappa shape index (κ3) is 3.73. The molecule has 124 valence electrons. The van der Waals surface area contributed by atoms with Gasteiger partial charge in [0.15, 0.2) is 0 Å². The van der Waals surface area contributed by atoms with Crippen molar-refractivity contribution < 1.29 is 9.13 Å². The van der Waals surface area contributed by atoms with Crippen LogP contribution in [0.2, 0.25) is 0 Å². The smallest absolute Gasteiger partial charge is 0.128 e. The summed E-state index contributed by atoms with van der Waals surface area (Å²) in [6.45, 7) is 3.99. The highest BCUT2D eigenvalue weighted by Crippen LogP contribution is 2.41. The highest BCUT2D eigenvalue weighted by atomic mass is 35.5. The summed E-state index contributed by atoms with van der Waals surface area (Å²) in [6.07, 6.45) is 4.98. The molecule has 2 fully saturated rings. The van der Waals surface area contributed by atoms with Gasteiger partial charge in [0, 0.05) is 37.8 Å². The molecular formula is C17H26ClFN2O. The van der Waals surface area contributed by atoms with Gasteiger partial charge in [-0.25, -0.2) is 4.39 Å². The summed E-state index contributed by atoms with van der Waals surface area (Å²) in [4.78, 5) is 2.46. The van der Waals surface area contributed by atoms with Crippen molar-refractivity contribution in [3.05, 3.63) is 29.6 Å². The standard InChI is InChI=1S/C17H25FN2O.ClH/c1-21-14-6-7-16(18)15(12-14)17(13-4-2-3-5-13)20-10-8-19-9-11-20;/h6-7,12-13,17,19H,2-5,8-11H2,1H3;1H/t17-;/m1./s1. The molecule has 1 saturated carbocycles. The molecule has 1 aromatic carbocycles. The Hall–Kier alpha value is -0.840. The molecule has 0 spiro atoms. The molecule has 2 aliphatic rings. The summed E-state index contributed by atoms with van der Waals surface area (Å²) in [5.41, 5.74) is 0.822. The molecule has 0 radical (unpaired) electrons. The Morgan fingerprint density at radius 1 is 1.23 bits per heavy atom. The minimum Gasteiger partial charge on any atom is -0.497 e. The molecule has 1 saturated heterocycles. The fourth-order valence-electron chi connectivity index (χ4n) is 3.86. The van der Waals surface area contributed by atoms with E-state index in [-0.39, 0.29) is 24.3 Å². The fourth-order valence-corrected chi connectivity index (χ4v) is 3.86. The summed E-state index contributed by atoms with van der Waals surface area (Å²) in [7, 11) is 1.65. The maximum Gasteiger partial charge on any atom is 0.128 e. The number of hydrogen-bond donors (Lipinski definition) is 1. The van der Waals surface area contributed by atoms with Crippen molar-refractivity contribution in [2.75, 3.05) is 33.3 Å². The first kappa shape index (κ1) is 17.5. The van der Waals surface area contributed by atoms with Gasteiger partial charge in [-0.15, -0.1) is 12.4 Å². The first-order valence-electron chi connectivity index (χ1n) is 8.08. The van der Waals surface area contributed by atoms with Crippen LogP contribution in [0.25, 0.3) is 0 Å². The van der Waals surface area contributed by atoms with Gasteiger partial charge in [0.2, 0.25) is 0 Å². The SMILES string of the molecule is COc1ccc(F)c([C@@H](C2CCCC2)N2CCNCC2)c1.Cl. The number of ether oxygens (including phenoxy) is 1. The van der Waals surface area contributed by atoms with Gasteiger partial charge in [-0.05, 0) is 37.0 Å². The molecule has 1 heterocycles. The van der Waals surface area contributed by atoms with Crippen LogP contribution in [0.3, 0.4) is 0 Å². The van der Waals surface area contributed by atoms with Gasteiger partial charge >= 0.3 is 0 Å². The number of rotatable bonds is 4. The molecule has 1 aliphatic heterocycles. The molecule has 1 N–H and O–H groups in total. The predicted molar refractivity (Wildman–Crippen MR) is 89.3 cm³/mol. The van der Waals surface area contributed by atoms with Crippen molar-refractivity contribution in [3.8, 4) is 5.75 Å². The molecule has 0 bridgehead atoms. The van der Waals surface area contributed by atoms with Crippen LogP contribution in [0, 0.1) is 11.7 Å². The third-order valence-corrected chi connectivity index (χ3v) is 4.91. The molecule has 0 unspecified atom stereocenters. The van der Waals surface area contributed by atoms with Crippen molar-refractivity contribution in [1.29, 1.82) is 0 Å². The van der Waals surface area contributed by atoms with Crippen LogP contribution in [0.5, 0.6) is 5.75 Å². The molecule has 3 nitrogen and oxygen atoms in total. The molecule has 3 rings (SSSR count). The second kappa shape index (κ2) is 8.14. The van der Waals surface area contributed by atoms with E-state index in [4.69, 9.17) is 4.74 Å². The van der Waals surface area contributed by atoms with E-state index in [2.05, 4.69) is 10.2 Å². The van der Waals surface area contributed by atoms with E-state index >= 15 is 0 Å². The van der Waals surface area contributed by atoms with E-state index in [1.807, 2.05) is 6.07 Å². The Morgan fingerprint density at radius 2 is 1.91 bits per heavy atom. The number of nitrogens with one attached hydrogen (secondary N) is 1. The fraction of sp³-hybridized carbons (Fsp3) is 0.647. The first-order valence-corrected chi connectivity index (χ1v) is 8.08. The van der Waals surface area contributed by atoms with Gasteiger partial charge in [-0.2, -0.15) is 0 Å². The van der Waals surface area contributed by atoms with Gasteiger partial charge in [-0.3, -0.25) is 4.90 Å². The first-order chi connectivity index (χ1) is 10.3. The number of halogens is 2. The maximum atomic E-state index is 14.5. The molecule has 0 aromatic heterocycles. The topological polar surface area (TPSA) is 24.5 Å². The quantitative estimate of drug-likeness (QED) is 0.917. The van der Waals surface area contributed by atoms with Crippen LogP contribution in [0.15, 0.2) is 18.2 Å². The molecule has 1 atom stereocenters. The summed E-state index contributed by atoms with van der Waals surface area (Å²) < 4.78 is 19.8. The largest absolute Gasteiger partial charge is 0.497 e. The van der Waals surface area contributed by atoms with Gasteiger partial charge in [0.25, 0.3) is 0 Å². The van der Waals surface area contributed by atoms with Gasteiger partial charge in [0.05, 0.1) is 7.11 Å². The second-order valence-corrected chi connectivity index (χ2v) is 6.16. The molecule has 22 heavy (non-hydrogen) atoms. The van der Waals surface area contributed by atoms with Gasteiger partial charge in [-0.1, -0.05) is 12.8 Å². The normalized spacial score (nSPS) is 21.4. The monoisotopic (exact) mass is 328 g/mol. The van der Waals surface area contributed by atoms with Crippen LogP contribution in [-0.2, 0) is 0 Å². The molecule has 1 aromatic rings. The third-order valence-electron chi connectivity index (χ3n) is 4.91. The van der Waals surface area contributed by atoms with Crippen molar-refractivity contribution in [2.45, 2.75) is 31.7 Å². The van der Waals surface area contributed by atoms with E-state index < -0.39 is 0 Å². The zero-order valence-electron chi connectivity index (χ0n) is 13.2. The van der Waals surface area contributed by atoms with Gasteiger partial charge < -0.3 is 10.1 Å². The van der Waals surface area contributed by atoms with E-state index in [0.29, 0.717) is 5.92 Å². The lowest BCUT2D eigenvalue weighted by Crippen LogP contribution is -2.46. The Morgan fingerprint density at radius 3 is 2.55 bits per heavy atom. The van der Waals surface area contributed by atoms with Crippen LogP contribution >= 0.6 is 12.4 Å².